The molecule has 0 saturated carbocycles. The van der Waals surface area contributed by atoms with Crippen molar-refractivity contribution in [2.75, 3.05) is 5.32 Å². The highest BCUT2D eigenvalue weighted by Crippen LogP contribution is 2.19. The van der Waals surface area contributed by atoms with Crippen LogP contribution < -0.4 is 5.32 Å². The molecule has 0 unspecified atom stereocenters. The number of carboxylic acid groups (broad SMARTS) is 1. The summed E-state index contributed by atoms with van der Waals surface area (Å²) in [5.74, 6) is -1.08. The number of nitrogens with one attached hydrogen (secondary N) is 1. The standard InChI is InChI=1S/C14H14N2O3S/c1-9-15-8-12(20-9)14(19)16-11-5-3-2-4-10(11)6-7-13(17)18/h2-5,8H,6-7H2,1H3,(H,16,19)(H,17,18). The number of carboxylic acids is 1. The molecule has 2 N–H and O–H groups in total. The molecule has 1 amide bonds. The molecule has 6 heteroatoms. The van der Waals surface area contributed by atoms with Gasteiger partial charge in [-0.15, -0.1) is 11.3 Å². The topological polar surface area (TPSA) is 79.3 Å². The van der Waals surface area contributed by atoms with Gasteiger partial charge >= 0.3 is 5.97 Å². The summed E-state index contributed by atoms with van der Waals surface area (Å²) in [4.78, 5) is 27.3. The molecule has 0 radical (unpaired) electrons. The van der Waals surface area contributed by atoms with Crippen LogP contribution in [0.15, 0.2) is 30.5 Å². The van der Waals surface area contributed by atoms with Gasteiger partial charge in [0.2, 0.25) is 0 Å². The number of carbonyl (C=O) groups is 2. The number of aliphatic carboxylic acids is 1. The predicted octanol–water partition coefficient (Wildman–Crippen LogP) is 2.72. The molecule has 1 aromatic heterocycles. The number of thiazole rings is 1. The van der Waals surface area contributed by atoms with Crippen molar-refractivity contribution in [1.29, 1.82) is 0 Å². The molecule has 2 aromatic rings. The SMILES string of the molecule is Cc1ncc(C(=O)Nc2ccccc2CCC(=O)O)s1. The quantitative estimate of drug-likeness (QED) is 0.887. The molecule has 0 saturated heterocycles. The van der Waals surface area contributed by atoms with Gasteiger partial charge < -0.3 is 10.4 Å². The summed E-state index contributed by atoms with van der Waals surface area (Å²) in [6.45, 7) is 1.84. The number of anilines is 1. The molecule has 0 bridgehead atoms. The molecular weight excluding hydrogens is 276 g/mol. The summed E-state index contributed by atoms with van der Waals surface area (Å²) in [6.07, 6.45) is 1.95. The fraction of sp³-hybridized carbons (Fsp3) is 0.214. The van der Waals surface area contributed by atoms with Crippen molar-refractivity contribution in [3.8, 4) is 0 Å². The first-order valence-electron chi connectivity index (χ1n) is 6.10. The van der Waals surface area contributed by atoms with Gasteiger partial charge in [0.1, 0.15) is 4.88 Å². The van der Waals surface area contributed by atoms with E-state index in [1.165, 1.54) is 17.5 Å². The molecule has 20 heavy (non-hydrogen) atoms. The second-order valence-corrected chi connectivity index (χ2v) is 5.48. The molecule has 1 aromatic carbocycles. The smallest absolute Gasteiger partial charge is 0.303 e. The van der Waals surface area contributed by atoms with E-state index in [0.29, 0.717) is 17.0 Å². The average Bonchev–Trinajstić information content (AvgIpc) is 2.84. The number of para-hydroxylation sites is 1. The maximum atomic E-state index is 12.1. The largest absolute Gasteiger partial charge is 0.481 e. The van der Waals surface area contributed by atoms with Crippen molar-refractivity contribution in [2.45, 2.75) is 19.8 Å². The summed E-state index contributed by atoms with van der Waals surface area (Å²) < 4.78 is 0. The molecular formula is C14H14N2O3S. The minimum absolute atomic E-state index is 0.0343. The van der Waals surface area contributed by atoms with Crippen molar-refractivity contribution < 1.29 is 14.7 Å². The second-order valence-electron chi connectivity index (χ2n) is 4.25. The number of rotatable bonds is 5. The van der Waals surface area contributed by atoms with Crippen molar-refractivity contribution >= 4 is 28.9 Å². The van der Waals surface area contributed by atoms with Gasteiger partial charge in [-0.2, -0.15) is 0 Å². The Morgan fingerprint density at radius 3 is 2.75 bits per heavy atom. The Morgan fingerprint density at radius 2 is 2.10 bits per heavy atom. The normalized spacial score (nSPS) is 10.2. The van der Waals surface area contributed by atoms with Crippen LogP contribution in [-0.4, -0.2) is 22.0 Å². The van der Waals surface area contributed by atoms with Crippen LogP contribution in [0, 0.1) is 6.92 Å². The number of aryl methyl sites for hydroxylation is 2. The third kappa shape index (κ3) is 3.64. The van der Waals surface area contributed by atoms with Crippen LogP contribution in [0.3, 0.4) is 0 Å². The van der Waals surface area contributed by atoms with Crippen LogP contribution in [0.2, 0.25) is 0 Å². The number of carbonyl (C=O) groups excluding carboxylic acids is 1. The van der Waals surface area contributed by atoms with E-state index in [-0.39, 0.29) is 12.3 Å². The monoisotopic (exact) mass is 290 g/mol. The van der Waals surface area contributed by atoms with Gasteiger partial charge in [0.05, 0.1) is 11.2 Å². The van der Waals surface area contributed by atoms with E-state index < -0.39 is 5.97 Å². The van der Waals surface area contributed by atoms with Crippen molar-refractivity contribution in [2.24, 2.45) is 0 Å². The van der Waals surface area contributed by atoms with Gasteiger partial charge in [0.25, 0.3) is 5.91 Å². The Kier molecular flexibility index (Phi) is 4.47. The van der Waals surface area contributed by atoms with Gasteiger partial charge in [-0.05, 0) is 25.0 Å². The fourth-order valence-corrected chi connectivity index (χ4v) is 2.42. The number of nitrogens with zero attached hydrogens (tertiary/aromatic N) is 1. The summed E-state index contributed by atoms with van der Waals surface area (Å²) in [5.41, 5.74) is 1.45. The highest BCUT2D eigenvalue weighted by molar-refractivity contribution is 7.13. The lowest BCUT2D eigenvalue weighted by Gasteiger charge is -2.09. The van der Waals surface area contributed by atoms with Crippen LogP contribution in [0.1, 0.15) is 26.7 Å². The lowest BCUT2D eigenvalue weighted by molar-refractivity contribution is -0.136. The Morgan fingerprint density at radius 1 is 1.35 bits per heavy atom. The minimum Gasteiger partial charge on any atom is -0.481 e. The molecule has 5 nitrogen and oxygen atoms in total. The number of benzene rings is 1. The second kappa shape index (κ2) is 6.29. The van der Waals surface area contributed by atoms with Crippen LogP contribution in [0.4, 0.5) is 5.69 Å². The van der Waals surface area contributed by atoms with Gasteiger partial charge in [0, 0.05) is 12.1 Å². The molecule has 1 heterocycles. The minimum atomic E-state index is -0.857. The summed E-state index contributed by atoms with van der Waals surface area (Å²) >= 11 is 1.32. The van der Waals surface area contributed by atoms with E-state index in [4.69, 9.17) is 5.11 Å². The predicted molar refractivity (Wildman–Crippen MR) is 77.2 cm³/mol. The first-order valence-corrected chi connectivity index (χ1v) is 6.91. The summed E-state index contributed by atoms with van der Waals surface area (Å²) in [7, 11) is 0. The Hall–Kier alpha value is -2.21. The zero-order chi connectivity index (χ0) is 14.5. The molecule has 104 valence electrons. The van der Waals surface area contributed by atoms with Crippen molar-refractivity contribution in [1.82, 2.24) is 4.98 Å². The third-order valence-corrected chi connectivity index (χ3v) is 3.63. The van der Waals surface area contributed by atoms with Crippen molar-refractivity contribution in [3.63, 3.8) is 0 Å². The lowest BCUT2D eigenvalue weighted by Crippen LogP contribution is -2.12. The van der Waals surface area contributed by atoms with Crippen LogP contribution in [0.5, 0.6) is 0 Å². The number of hydrogen-bond donors (Lipinski definition) is 2. The number of aromatic nitrogens is 1. The van der Waals surface area contributed by atoms with E-state index in [9.17, 15) is 9.59 Å². The Bertz CT molecular complexity index is 637. The Balaban J connectivity index is 2.12. The molecule has 0 aliphatic carbocycles. The molecule has 0 atom stereocenters. The molecule has 0 aliphatic rings. The average molecular weight is 290 g/mol. The van der Waals surface area contributed by atoms with E-state index in [0.717, 1.165) is 10.6 Å². The lowest BCUT2D eigenvalue weighted by atomic mass is 10.1. The fourth-order valence-electron chi connectivity index (χ4n) is 1.75. The highest BCUT2D eigenvalue weighted by Gasteiger charge is 2.12. The molecule has 0 spiro atoms. The van der Waals surface area contributed by atoms with Crippen LogP contribution in [0.25, 0.3) is 0 Å². The molecule has 2 rings (SSSR count). The molecule has 0 fully saturated rings. The summed E-state index contributed by atoms with van der Waals surface area (Å²) in [6, 6.07) is 7.21. The first-order chi connectivity index (χ1) is 9.56. The van der Waals surface area contributed by atoms with Crippen LogP contribution >= 0.6 is 11.3 Å². The van der Waals surface area contributed by atoms with Gasteiger partial charge in [0.15, 0.2) is 0 Å². The van der Waals surface area contributed by atoms with Crippen molar-refractivity contribution in [3.05, 3.63) is 45.9 Å². The van der Waals surface area contributed by atoms with Gasteiger partial charge in [-0.1, -0.05) is 18.2 Å². The maximum absolute atomic E-state index is 12.1. The zero-order valence-electron chi connectivity index (χ0n) is 10.9. The van der Waals surface area contributed by atoms with E-state index >= 15 is 0 Å². The van der Waals surface area contributed by atoms with E-state index in [1.54, 1.807) is 12.1 Å². The van der Waals surface area contributed by atoms with Gasteiger partial charge in [-0.25, -0.2) is 4.98 Å². The zero-order valence-corrected chi connectivity index (χ0v) is 11.7. The van der Waals surface area contributed by atoms with E-state index in [2.05, 4.69) is 10.3 Å². The van der Waals surface area contributed by atoms with Gasteiger partial charge in [-0.3, -0.25) is 9.59 Å². The van der Waals surface area contributed by atoms with E-state index in [1.807, 2.05) is 19.1 Å². The summed E-state index contributed by atoms with van der Waals surface area (Å²) in [5, 5.41) is 12.4. The Labute approximate surface area is 120 Å². The van der Waals surface area contributed by atoms with Crippen LogP contribution in [-0.2, 0) is 11.2 Å². The number of hydrogen-bond acceptors (Lipinski definition) is 4. The third-order valence-electron chi connectivity index (χ3n) is 2.72. The maximum Gasteiger partial charge on any atom is 0.303 e. The highest BCUT2D eigenvalue weighted by atomic mass is 32.1. The first kappa shape index (κ1) is 14.2. The number of amides is 1. The molecule has 0 aliphatic heterocycles.